The monoisotopic (exact) mass is 442 g/mol. The summed E-state index contributed by atoms with van der Waals surface area (Å²) in [5, 5.41) is 13.2. The van der Waals surface area contributed by atoms with Crippen molar-refractivity contribution in [3.8, 4) is 11.3 Å². The summed E-state index contributed by atoms with van der Waals surface area (Å²) >= 11 is 0. The molecule has 0 N–H and O–H groups in total. The lowest BCUT2D eigenvalue weighted by molar-refractivity contribution is 0.0731. The van der Waals surface area contributed by atoms with Crippen LogP contribution in [-0.4, -0.2) is 42.1 Å². The number of hydrogen-bond acceptors (Lipinski definition) is 6. The van der Waals surface area contributed by atoms with E-state index in [-0.39, 0.29) is 17.7 Å². The average molecular weight is 442 g/mol. The quantitative estimate of drug-likeness (QED) is 0.413. The second kappa shape index (κ2) is 7.47. The average Bonchev–Trinajstić information content (AvgIpc) is 3.56. The van der Waals surface area contributed by atoms with Crippen molar-refractivity contribution >= 4 is 22.7 Å². The first kappa shape index (κ1) is 19.5. The first-order chi connectivity index (χ1) is 16.1. The van der Waals surface area contributed by atoms with Gasteiger partial charge in [0.1, 0.15) is 5.82 Å². The molecule has 1 aromatic carbocycles. The maximum Gasteiger partial charge on any atom is 0.259 e. The highest BCUT2D eigenvalue weighted by molar-refractivity contribution is 6.07. The zero-order valence-electron chi connectivity index (χ0n) is 17.8. The molecule has 9 heteroatoms. The summed E-state index contributed by atoms with van der Waals surface area (Å²) < 4.78 is 21.8. The summed E-state index contributed by atoms with van der Waals surface area (Å²) in [6.07, 6.45) is 3.52. The van der Waals surface area contributed by atoms with E-state index in [4.69, 9.17) is 4.52 Å². The molecule has 1 aliphatic heterocycles. The van der Waals surface area contributed by atoms with Gasteiger partial charge in [-0.05, 0) is 50.1 Å². The summed E-state index contributed by atoms with van der Waals surface area (Å²) in [7, 11) is 0. The zero-order chi connectivity index (χ0) is 22.5. The Balaban J connectivity index is 1.48. The number of aromatic nitrogens is 5. The molecule has 164 valence electrons. The number of carbonyl (C=O) groups excluding carboxylic acids is 1. The first-order valence-electron chi connectivity index (χ1n) is 10.7. The van der Waals surface area contributed by atoms with E-state index in [9.17, 15) is 9.18 Å². The minimum Gasteiger partial charge on any atom is -0.335 e. The van der Waals surface area contributed by atoms with Gasteiger partial charge >= 0.3 is 0 Å². The van der Waals surface area contributed by atoms with Crippen LogP contribution in [0.3, 0.4) is 0 Å². The fourth-order valence-electron chi connectivity index (χ4n) is 4.59. The van der Waals surface area contributed by atoms with Crippen LogP contribution in [0.2, 0.25) is 0 Å². The summed E-state index contributed by atoms with van der Waals surface area (Å²) in [6.45, 7) is 2.34. The Bertz CT molecular complexity index is 1520. The van der Waals surface area contributed by atoms with Crippen LogP contribution in [0.5, 0.6) is 0 Å². The summed E-state index contributed by atoms with van der Waals surface area (Å²) in [5.74, 6) is 0.104. The molecule has 1 amide bonds. The Kier molecular flexibility index (Phi) is 4.42. The van der Waals surface area contributed by atoms with Gasteiger partial charge in [-0.25, -0.2) is 9.37 Å². The fraction of sp³-hybridized carbons (Fsp3) is 0.208. The highest BCUT2D eigenvalue weighted by Gasteiger charge is 2.35. The molecule has 0 saturated carbocycles. The van der Waals surface area contributed by atoms with Gasteiger partial charge in [0.15, 0.2) is 11.5 Å². The van der Waals surface area contributed by atoms with E-state index in [1.807, 2.05) is 28.8 Å². The standard InChI is InChI=1S/C24H19FN6O2/c1-14-21-16(13-18(26-23(21)33-29-14)15-7-2-3-8-17(15)25)24(32)30-12-6-9-19(30)22-28-27-20-10-4-5-11-31(20)22/h2-5,7-8,10-11,13,19H,6,9,12H2,1H3/t19-/m0/s1. The molecule has 4 aromatic heterocycles. The number of rotatable bonds is 3. The molecule has 5 heterocycles. The number of nitrogens with zero attached hydrogens (tertiary/aromatic N) is 6. The number of amides is 1. The smallest absolute Gasteiger partial charge is 0.259 e. The van der Waals surface area contributed by atoms with Gasteiger partial charge in [-0.15, -0.1) is 10.2 Å². The van der Waals surface area contributed by atoms with Crippen LogP contribution in [0.25, 0.3) is 28.0 Å². The molecule has 5 aromatic rings. The third kappa shape index (κ3) is 3.07. The van der Waals surface area contributed by atoms with E-state index in [1.54, 1.807) is 36.1 Å². The minimum atomic E-state index is -0.423. The van der Waals surface area contributed by atoms with Gasteiger partial charge in [0.05, 0.1) is 28.4 Å². The summed E-state index contributed by atoms with van der Waals surface area (Å²) in [5.41, 5.74) is 2.50. The second-order valence-electron chi connectivity index (χ2n) is 8.13. The Morgan fingerprint density at radius 3 is 2.88 bits per heavy atom. The number of pyridine rings is 2. The van der Waals surface area contributed by atoms with E-state index in [1.165, 1.54) is 6.07 Å². The third-order valence-electron chi connectivity index (χ3n) is 6.15. The SMILES string of the molecule is Cc1noc2nc(-c3ccccc3F)cc(C(=O)N3CCC[C@H]3c3nnc4ccccn34)c12. The fourth-order valence-corrected chi connectivity index (χ4v) is 4.59. The van der Waals surface area contributed by atoms with E-state index in [2.05, 4.69) is 20.3 Å². The topological polar surface area (TPSA) is 89.4 Å². The zero-order valence-corrected chi connectivity index (χ0v) is 17.8. The molecule has 1 aliphatic rings. The van der Waals surface area contributed by atoms with Crippen molar-refractivity contribution in [1.29, 1.82) is 0 Å². The van der Waals surface area contributed by atoms with E-state index in [0.29, 0.717) is 34.4 Å². The number of hydrogen-bond donors (Lipinski definition) is 0. The van der Waals surface area contributed by atoms with Gasteiger partial charge in [-0.3, -0.25) is 9.20 Å². The largest absolute Gasteiger partial charge is 0.335 e. The van der Waals surface area contributed by atoms with Crippen molar-refractivity contribution in [2.24, 2.45) is 0 Å². The first-order valence-corrected chi connectivity index (χ1v) is 10.7. The Morgan fingerprint density at radius 1 is 1.15 bits per heavy atom. The lowest BCUT2D eigenvalue weighted by Gasteiger charge is -2.24. The molecule has 33 heavy (non-hydrogen) atoms. The van der Waals surface area contributed by atoms with E-state index in [0.717, 1.165) is 24.3 Å². The van der Waals surface area contributed by atoms with Crippen LogP contribution in [0.4, 0.5) is 4.39 Å². The van der Waals surface area contributed by atoms with Crippen molar-refractivity contribution < 1.29 is 13.7 Å². The van der Waals surface area contributed by atoms with Crippen molar-refractivity contribution in [3.05, 3.63) is 77.6 Å². The van der Waals surface area contributed by atoms with Crippen LogP contribution in [0, 0.1) is 12.7 Å². The van der Waals surface area contributed by atoms with Crippen LogP contribution in [0.15, 0.2) is 59.3 Å². The number of fused-ring (bicyclic) bond motifs is 2. The summed E-state index contributed by atoms with van der Waals surface area (Å²) in [4.78, 5) is 20.1. The highest BCUT2D eigenvalue weighted by Crippen LogP contribution is 2.35. The molecule has 0 radical (unpaired) electrons. The Hall–Kier alpha value is -4.14. The van der Waals surface area contributed by atoms with Crippen molar-refractivity contribution in [3.63, 3.8) is 0 Å². The molecular formula is C24H19FN6O2. The minimum absolute atomic E-state index is 0.193. The van der Waals surface area contributed by atoms with Gasteiger partial charge in [0, 0.05) is 18.3 Å². The lowest BCUT2D eigenvalue weighted by Crippen LogP contribution is -2.31. The molecule has 0 aliphatic carbocycles. The van der Waals surface area contributed by atoms with Crippen molar-refractivity contribution in [1.82, 2.24) is 29.6 Å². The number of aryl methyl sites for hydroxylation is 1. The molecule has 6 rings (SSSR count). The van der Waals surface area contributed by atoms with Gasteiger partial charge in [0.25, 0.3) is 11.6 Å². The summed E-state index contributed by atoms with van der Waals surface area (Å²) in [6, 6.07) is 13.4. The predicted molar refractivity (Wildman–Crippen MR) is 118 cm³/mol. The highest BCUT2D eigenvalue weighted by atomic mass is 19.1. The Labute approximate surface area is 187 Å². The predicted octanol–water partition coefficient (Wildman–Crippen LogP) is 4.36. The van der Waals surface area contributed by atoms with Crippen LogP contribution >= 0.6 is 0 Å². The van der Waals surface area contributed by atoms with Gasteiger partial charge in [-0.1, -0.05) is 23.4 Å². The normalized spacial score (nSPS) is 16.2. The molecule has 0 bridgehead atoms. The molecule has 1 fully saturated rings. The van der Waals surface area contributed by atoms with Crippen LogP contribution < -0.4 is 0 Å². The molecule has 1 atom stereocenters. The van der Waals surface area contributed by atoms with Crippen LogP contribution in [0.1, 0.15) is 40.8 Å². The maximum atomic E-state index is 14.5. The molecule has 0 spiro atoms. The van der Waals surface area contributed by atoms with Gasteiger partial charge in [-0.2, -0.15) is 0 Å². The number of halogens is 1. The van der Waals surface area contributed by atoms with E-state index >= 15 is 0 Å². The third-order valence-corrected chi connectivity index (χ3v) is 6.15. The van der Waals surface area contributed by atoms with Crippen LogP contribution in [-0.2, 0) is 0 Å². The van der Waals surface area contributed by atoms with Crippen molar-refractivity contribution in [2.45, 2.75) is 25.8 Å². The van der Waals surface area contributed by atoms with E-state index < -0.39 is 5.82 Å². The van der Waals surface area contributed by atoms with Crippen molar-refractivity contribution in [2.75, 3.05) is 6.54 Å². The Morgan fingerprint density at radius 2 is 2.00 bits per heavy atom. The lowest BCUT2D eigenvalue weighted by atomic mass is 10.0. The second-order valence-corrected chi connectivity index (χ2v) is 8.13. The molecule has 8 nitrogen and oxygen atoms in total. The number of benzene rings is 1. The number of carbonyl (C=O) groups is 1. The number of likely N-dealkylation sites (tertiary alicyclic amines) is 1. The molecular weight excluding hydrogens is 423 g/mol. The molecule has 1 saturated heterocycles. The molecule has 0 unspecified atom stereocenters. The van der Waals surface area contributed by atoms with Gasteiger partial charge < -0.3 is 9.42 Å². The maximum absolute atomic E-state index is 14.5. The van der Waals surface area contributed by atoms with Gasteiger partial charge in [0.2, 0.25) is 0 Å².